The number of hydrogen-bond acceptors (Lipinski definition) is 7. The Morgan fingerprint density at radius 1 is 0.577 bits per heavy atom. The molecule has 0 heterocycles. The number of carbonyl (C=O) groups excluding carboxylic acids is 1. The number of nitrogens with one attached hydrogen (secondary N) is 1. The molecule has 4 atom stereocenters. The Hall–Kier alpha value is -0.540. The van der Waals surface area contributed by atoms with Crippen LogP contribution in [0.3, 0.4) is 0 Å². The molecule has 0 bridgehead atoms. The molecule has 0 aromatic carbocycles. The van der Waals surface area contributed by atoms with Gasteiger partial charge >= 0.3 is 7.82 Å². The summed E-state index contributed by atoms with van der Waals surface area (Å²) in [6, 6.07) is -0.889. The molecular weight excluding hydrogens is 675 g/mol. The molecule has 1 amide bonds. The highest BCUT2D eigenvalue weighted by atomic mass is 31.2. The van der Waals surface area contributed by atoms with Crippen molar-refractivity contribution in [3.63, 3.8) is 0 Å². The van der Waals surface area contributed by atoms with Crippen LogP contribution in [0.5, 0.6) is 0 Å². The summed E-state index contributed by atoms with van der Waals surface area (Å²) in [4.78, 5) is 22.7. The highest BCUT2D eigenvalue weighted by molar-refractivity contribution is 7.47. The molecule has 0 radical (unpaired) electrons. The zero-order chi connectivity index (χ0) is 38.4. The maximum Gasteiger partial charge on any atom is 0.472 e. The van der Waals surface area contributed by atoms with Gasteiger partial charge in [-0.1, -0.05) is 206 Å². The fourth-order valence-electron chi connectivity index (χ4n) is 6.89. The molecule has 0 rings (SSSR count). The highest BCUT2D eigenvalue weighted by Crippen LogP contribution is 2.43. The summed E-state index contributed by atoms with van der Waals surface area (Å²) in [7, 11) is -4.36. The second-order valence-corrected chi connectivity index (χ2v) is 16.9. The van der Waals surface area contributed by atoms with Crippen molar-refractivity contribution < 1.29 is 33.5 Å². The van der Waals surface area contributed by atoms with E-state index in [0.717, 1.165) is 38.5 Å². The zero-order valence-electron chi connectivity index (χ0n) is 34.2. The van der Waals surface area contributed by atoms with Gasteiger partial charge in [0, 0.05) is 6.54 Å². The van der Waals surface area contributed by atoms with Gasteiger partial charge in [0.1, 0.15) is 0 Å². The van der Waals surface area contributed by atoms with Crippen LogP contribution >= 0.6 is 7.82 Å². The predicted molar refractivity (Wildman–Crippen MR) is 218 cm³/mol. The molecule has 4 unspecified atom stereocenters. The van der Waals surface area contributed by atoms with Crippen molar-refractivity contribution in [3.8, 4) is 0 Å². The number of phosphoric ester groups is 1. The minimum atomic E-state index is -4.36. The van der Waals surface area contributed by atoms with Gasteiger partial charge in [0.05, 0.1) is 37.9 Å². The first kappa shape index (κ1) is 51.5. The minimum absolute atomic E-state index is 0.0624. The summed E-state index contributed by atoms with van der Waals surface area (Å²) in [5.41, 5.74) is 5.36. The van der Waals surface area contributed by atoms with Crippen LogP contribution in [-0.2, 0) is 18.4 Å². The number of hydrogen-bond donors (Lipinski definition) is 5. The van der Waals surface area contributed by atoms with Crippen LogP contribution in [0.1, 0.15) is 226 Å². The average molecular weight is 763 g/mol. The molecule has 0 saturated heterocycles. The number of carbonyl (C=O) groups is 1. The van der Waals surface area contributed by atoms with Gasteiger partial charge in [-0.3, -0.25) is 13.8 Å². The monoisotopic (exact) mass is 763 g/mol. The lowest BCUT2D eigenvalue weighted by Crippen LogP contribution is -2.47. The average Bonchev–Trinajstić information content (AvgIpc) is 3.12. The van der Waals surface area contributed by atoms with Gasteiger partial charge in [-0.05, 0) is 12.8 Å². The second kappa shape index (κ2) is 38.7. The third kappa shape index (κ3) is 36.4. The summed E-state index contributed by atoms with van der Waals surface area (Å²) in [6.45, 7) is 4.05. The molecule has 0 fully saturated rings. The Bertz CT molecular complexity index is 806. The summed E-state index contributed by atoms with van der Waals surface area (Å²) in [6.07, 6.45) is 37.3. The highest BCUT2D eigenvalue weighted by Gasteiger charge is 2.28. The zero-order valence-corrected chi connectivity index (χ0v) is 35.1. The van der Waals surface area contributed by atoms with Crippen LogP contribution in [0.25, 0.3) is 0 Å². The molecule has 9 nitrogen and oxygen atoms in total. The SMILES string of the molecule is CCCCCCCCCCCCCCCCCCCCCCC(O)CC(=O)NC(COP(=O)(O)OCCN)C(O)CCCCCCCCCCCC. The molecule has 0 spiro atoms. The van der Waals surface area contributed by atoms with E-state index in [1.54, 1.807) is 0 Å². The Balaban J connectivity index is 4.10. The van der Waals surface area contributed by atoms with E-state index in [1.807, 2.05) is 0 Å². The standard InChI is InChI=1S/C42H87N2O7P/c1-3-5-7-9-11-13-15-16-17-18-19-20-21-22-23-24-25-27-29-31-33-39(45)37-42(47)44-40(38-51-52(48,49)50-36-35-43)41(46)34-32-30-28-26-14-12-10-8-6-4-2/h39-41,45-46H,3-38,43H2,1-2H3,(H,44,47)(H,48,49). The number of aliphatic hydroxyl groups is 2. The molecule has 0 aliphatic carbocycles. The number of unbranched alkanes of at least 4 members (excludes halogenated alkanes) is 28. The first-order valence-electron chi connectivity index (χ1n) is 22.2. The van der Waals surface area contributed by atoms with E-state index in [2.05, 4.69) is 19.2 Å². The Kier molecular flexibility index (Phi) is 38.3. The third-order valence-corrected chi connectivity index (χ3v) is 11.2. The van der Waals surface area contributed by atoms with E-state index >= 15 is 0 Å². The Morgan fingerprint density at radius 3 is 1.29 bits per heavy atom. The quantitative estimate of drug-likeness (QED) is 0.0304. The van der Waals surface area contributed by atoms with Crippen LogP contribution in [0, 0.1) is 0 Å². The van der Waals surface area contributed by atoms with Gasteiger partial charge in [-0.25, -0.2) is 4.57 Å². The number of nitrogens with two attached hydrogens (primary N) is 1. The van der Waals surface area contributed by atoms with E-state index in [9.17, 15) is 24.5 Å². The van der Waals surface area contributed by atoms with Crippen LogP contribution in [-0.4, -0.2) is 59.0 Å². The van der Waals surface area contributed by atoms with Crippen LogP contribution < -0.4 is 11.1 Å². The smallest absolute Gasteiger partial charge is 0.393 e. The fraction of sp³-hybridized carbons (Fsp3) is 0.976. The normalized spacial score (nSPS) is 14.7. The summed E-state index contributed by atoms with van der Waals surface area (Å²) in [5.74, 6) is -0.410. The summed E-state index contributed by atoms with van der Waals surface area (Å²) >= 11 is 0. The molecule has 0 aromatic rings. The van der Waals surface area contributed by atoms with E-state index in [1.165, 1.54) is 154 Å². The van der Waals surface area contributed by atoms with E-state index in [-0.39, 0.29) is 26.2 Å². The fourth-order valence-corrected chi connectivity index (χ4v) is 7.65. The second-order valence-electron chi connectivity index (χ2n) is 15.5. The number of aliphatic hydroxyl groups excluding tert-OH is 2. The predicted octanol–water partition coefficient (Wildman–Crippen LogP) is 11.2. The molecule has 6 N–H and O–H groups in total. The van der Waals surface area contributed by atoms with Crippen molar-refractivity contribution in [2.75, 3.05) is 19.8 Å². The van der Waals surface area contributed by atoms with Crippen molar-refractivity contribution >= 4 is 13.7 Å². The van der Waals surface area contributed by atoms with Crippen molar-refractivity contribution in [1.29, 1.82) is 0 Å². The molecule has 0 aromatic heterocycles. The van der Waals surface area contributed by atoms with E-state index in [0.29, 0.717) is 12.8 Å². The number of phosphoric acid groups is 1. The van der Waals surface area contributed by atoms with Crippen molar-refractivity contribution in [2.24, 2.45) is 5.73 Å². The molecule has 0 aliphatic rings. The topological polar surface area (TPSA) is 151 Å². The van der Waals surface area contributed by atoms with Crippen molar-refractivity contribution in [1.82, 2.24) is 5.32 Å². The third-order valence-electron chi connectivity index (χ3n) is 10.3. The number of amides is 1. The Morgan fingerprint density at radius 2 is 0.923 bits per heavy atom. The van der Waals surface area contributed by atoms with Crippen LogP contribution in [0.2, 0.25) is 0 Å². The van der Waals surface area contributed by atoms with Crippen molar-refractivity contribution in [3.05, 3.63) is 0 Å². The molecule has 10 heteroatoms. The van der Waals surface area contributed by atoms with Gasteiger partial charge in [0.15, 0.2) is 0 Å². The maximum atomic E-state index is 12.8. The van der Waals surface area contributed by atoms with Gasteiger partial charge in [0.25, 0.3) is 0 Å². The lowest BCUT2D eigenvalue weighted by Gasteiger charge is -2.25. The van der Waals surface area contributed by atoms with Gasteiger partial charge in [-0.2, -0.15) is 0 Å². The van der Waals surface area contributed by atoms with Gasteiger partial charge in [0.2, 0.25) is 5.91 Å². The summed E-state index contributed by atoms with van der Waals surface area (Å²) in [5, 5.41) is 24.1. The van der Waals surface area contributed by atoms with E-state index in [4.69, 9.17) is 14.8 Å². The van der Waals surface area contributed by atoms with Gasteiger partial charge < -0.3 is 26.2 Å². The maximum absolute atomic E-state index is 12.8. The lowest BCUT2D eigenvalue weighted by atomic mass is 10.0. The minimum Gasteiger partial charge on any atom is -0.393 e. The van der Waals surface area contributed by atoms with Crippen LogP contribution in [0.15, 0.2) is 0 Å². The molecule has 0 aliphatic heterocycles. The number of rotatable bonds is 42. The molecule has 52 heavy (non-hydrogen) atoms. The lowest BCUT2D eigenvalue weighted by molar-refractivity contribution is -0.125. The van der Waals surface area contributed by atoms with E-state index < -0.39 is 32.0 Å². The summed E-state index contributed by atoms with van der Waals surface area (Å²) < 4.78 is 22.1. The van der Waals surface area contributed by atoms with Crippen LogP contribution in [0.4, 0.5) is 0 Å². The van der Waals surface area contributed by atoms with Gasteiger partial charge in [-0.15, -0.1) is 0 Å². The molecular formula is C42H87N2O7P. The largest absolute Gasteiger partial charge is 0.472 e. The first-order chi connectivity index (χ1) is 25.3. The first-order valence-corrected chi connectivity index (χ1v) is 23.7. The molecule has 0 saturated carbocycles. The molecule has 312 valence electrons. The Labute approximate surface area is 321 Å². The van der Waals surface area contributed by atoms with Crippen molar-refractivity contribution in [2.45, 2.75) is 244 Å².